The first-order valence-electron chi connectivity index (χ1n) is 8.93. The van der Waals surface area contributed by atoms with Gasteiger partial charge in [0.15, 0.2) is 0 Å². The van der Waals surface area contributed by atoms with Crippen molar-refractivity contribution in [3.05, 3.63) is 59.7 Å². The molecule has 0 unspecified atom stereocenters. The Morgan fingerprint density at radius 1 is 0.643 bits per heavy atom. The second-order valence-corrected chi connectivity index (χ2v) is 6.32. The summed E-state index contributed by atoms with van der Waals surface area (Å²) in [5, 5.41) is 0. The molecule has 0 aliphatic carbocycles. The largest absolute Gasteiger partial charge is 0.497 e. The first-order valence-corrected chi connectivity index (χ1v) is 8.93. The van der Waals surface area contributed by atoms with E-state index in [1.54, 1.807) is 14.2 Å². The van der Waals surface area contributed by atoms with Crippen molar-refractivity contribution in [3.8, 4) is 11.5 Å². The highest BCUT2D eigenvalue weighted by atomic mass is 16.5. The molecule has 28 heavy (non-hydrogen) atoms. The minimum Gasteiger partial charge on any atom is -0.497 e. The van der Waals surface area contributed by atoms with Crippen LogP contribution in [0, 0.1) is 0 Å². The van der Waals surface area contributed by atoms with E-state index in [0.717, 1.165) is 22.6 Å². The highest BCUT2D eigenvalue weighted by Crippen LogP contribution is 2.39. The Morgan fingerprint density at radius 3 is 1.21 bits per heavy atom. The molecule has 2 rings (SSSR count). The molecule has 0 saturated carbocycles. The van der Waals surface area contributed by atoms with E-state index in [2.05, 4.69) is 0 Å². The van der Waals surface area contributed by atoms with Gasteiger partial charge in [-0.05, 0) is 35.4 Å². The number of methoxy groups -OCH3 is 4. The van der Waals surface area contributed by atoms with Gasteiger partial charge in [-0.3, -0.25) is 9.59 Å². The molecule has 0 fully saturated rings. The summed E-state index contributed by atoms with van der Waals surface area (Å²) in [5.74, 6) is 0.203. The van der Waals surface area contributed by atoms with Gasteiger partial charge >= 0.3 is 11.9 Å². The monoisotopic (exact) mass is 386 g/mol. The predicted molar refractivity (Wildman–Crippen MR) is 105 cm³/mol. The lowest BCUT2D eigenvalue weighted by atomic mass is 9.77. The summed E-state index contributed by atoms with van der Waals surface area (Å²) < 4.78 is 20.3. The Labute approximate surface area is 165 Å². The normalized spacial score (nSPS) is 12.6. The van der Waals surface area contributed by atoms with Crippen LogP contribution < -0.4 is 9.47 Å². The zero-order chi connectivity index (χ0) is 20.5. The molecule has 6 nitrogen and oxygen atoms in total. The van der Waals surface area contributed by atoms with Gasteiger partial charge in [0.1, 0.15) is 11.5 Å². The minimum absolute atomic E-state index is 0.135. The van der Waals surface area contributed by atoms with Crippen molar-refractivity contribution in [2.24, 2.45) is 0 Å². The first kappa shape index (κ1) is 21.3. The van der Waals surface area contributed by atoms with Gasteiger partial charge in [-0.15, -0.1) is 0 Å². The fourth-order valence-corrected chi connectivity index (χ4v) is 3.21. The fraction of sp³-hybridized carbons (Fsp3) is 0.364. The van der Waals surface area contributed by atoms with E-state index in [-0.39, 0.29) is 36.6 Å². The number of benzene rings is 2. The molecule has 150 valence electrons. The molecular formula is C22H26O6. The van der Waals surface area contributed by atoms with Crippen LogP contribution in [0.25, 0.3) is 0 Å². The van der Waals surface area contributed by atoms with Gasteiger partial charge in [-0.1, -0.05) is 24.3 Å². The van der Waals surface area contributed by atoms with Gasteiger partial charge in [0.05, 0.1) is 41.3 Å². The van der Waals surface area contributed by atoms with E-state index in [1.807, 2.05) is 48.5 Å². The van der Waals surface area contributed by atoms with Crippen molar-refractivity contribution in [1.29, 1.82) is 0 Å². The summed E-state index contributed by atoms with van der Waals surface area (Å²) in [5.41, 5.74) is 1.83. The van der Waals surface area contributed by atoms with E-state index in [4.69, 9.17) is 18.9 Å². The van der Waals surface area contributed by atoms with Crippen molar-refractivity contribution in [1.82, 2.24) is 0 Å². The zero-order valence-corrected chi connectivity index (χ0v) is 16.6. The summed E-state index contributed by atoms with van der Waals surface area (Å²) in [4.78, 5) is 24.3. The molecule has 0 saturated heterocycles. The van der Waals surface area contributed by atoms with Crippen LogP contribution in [-0.2, 0) is 19.1 Å². The first-order chi connectivity index (χ1) is 13.5. The highest BCUT2D eigenvalue weighted by molar-refractivity contribution is 5.73. The Hall–Kier alpha value is -3.02. The zero-order valence-electron chi connectivity index (χ0n) is 16.6. The van der Waals surface area contributed by atoms with E-state index in [1.165, 1.54) is 14.2 Å². The number of esters is 2. The summed E-state index contributed by atoms with van der Waals surface area (Å²) in [6.45, 7) is 0. The smallest absolute Gasteiger partial charge is 0.306 e. The molecule has 0 amide bonds. The number of rotatable bonds is 9. The second-order valence-electron chi connectivity index (χ2n) is 6.32. The quantitative estimate of drug-likeness (QED) is 0.612. The third-order valence-corrected chi connectivity index (χ3v) is 4.80. The van der Waals surface area contributed by atoms with Crippen LogP contribution in [0.4, 0.5) is 0 Å². The van der Waals surface area contributed by atoms with Crippen LogP contribution in [0.3, 0.4) is 0 Å². The molecule has 0 bridgehead atoms. The molecule has 0 heterocycles. The van der Waals surface area contributed by atoms with Crippen molar-refractivity contribution < 1.29 is 28.5 Å². The number of ether oxygens (including phenoxy) is 4. The molecule has 2 atom stereocenters. The van der Waals surface area contributed by atoms with Gasteiger partial charge in [0.2, 0.25) is 0 Å². The fourth-order valence-electron chi connectivity index (χ4n) is 3.21. The van der Waals surface area contributed by atoms with Gasteiger partial charge in [0.25, 0.3) is 0 Å². The maximum Gasteiger partial charge on any atom is 0.306 e. The summed E-state index contributed by atoms with van der Waals surface area (Å²) in [7, 11) is 5.91. The van der Waals surface area contributed by atoms with Crippen LogP contribution in [0.1, 0.15) is 35.8 Å². The van der Waals surface area contributed by atoms with Crippen LogP contribution >= 0.6 is 0 Å². The lowest BCUT2D eigenvalue weighted by Gasteiger charge is -2.27. The van der Waals surface area contributed by atoms with Gasteiger partial charge in [-0.2, -0.15) is 0 Å². The lowest BCUT2D eigenvalue weighted by molar-refractivity contribution is -0.143. The SMILES string of the molecule is COC(=O)C[C@@H](c1ccc(OC)cc1)[C@@H](CC(=O)OC)c1ccc(OC)cc1. The average molecular weight is 386 g/mol. The lowest BCUT2D eigenvalue weighted by Crippen LogP contribution is -2.20. The number of carbonyl (C=O) groups excluding carboxylic acids is 2. The molecule has 0 radical (unpaired) electrons. The summed E-state index contributed by atoms with van der Waals surface area (Å²) in [6, 6.07) is 15.0. The van der Waals surface area contributed by atoms with E-state index in [0.29, 0.717) is 0 Å². The van der Waals surface area contributed by atoms with Crippen LogP contribution in [0.15, 0.2) is 48.5 Å². The molecule has 2 aromatic rings. The van der Waals surface area contributed by atoms with Crippen LogP contribution in [-0.4, -0.2) is 40.4 Å². The molecule has 6 heteroatoms. The third-order valence-electron chi connectivity index (χ3n) is 4.80. The maximum atomic E-state index is 12.1. The van der Waals surface area contributed by atoms with E-state index < -0.39 is 0 Å². The second kappa shape index (κ2) is 10.3. The topological polar surface area (TPSA) is 71.1 Å². The predicted octanol–water partition coefficient (Wildman–Crippen LogP) is 3.70. The van der Waals surface area contributed by atoms with Gasteiger partial charge < -0.3 is 18.9 Å². The number of hydrogen-bond donors (Lipinski definition) is 0. The molecule has 0 aromatic heterocycles. The Bertz CT molecular complexity index is 699. The molecule has 0 N–H and O–H groups in total. The summed E-state index contributed by atoms with van der Waals surface area (Å²) >= 11 is 0. The van der Waals surface area contributed by atoms with Gasteiger partial charge in [-0.25, -0.2) is 0 Å². The van der Waals surface area contributed by atoms with Crippen molar-refractivity contribution in [2.75, 3.05) is 28.4 Å². The van der Waals surface area contributed by atoms with Gasteiger partial charge in [0, 0.05) is 11.8 Å². The third kappa shape index (κ3) is 5.49. The van der Waals surface area contributed by atoms with E-state index >= 15 is 0 Å². The van der Waals surface area contributed by atoms with Crippen LogP contribution in [0.2, 0.25) is 0 Å². The maximum absolute atomic E-state index is 12.1. The average Bonchev–Trinajstić information content (AvgIpc) is 2.75. The van der Waals surface area contributed by atoms with Crippen LogP contribution in [0.5, 0.6) is 11.5 Å². The Balaban J connectivity index is 2.47. The van der Waals surface area contributed by atoms with E-state index in [9.17, 15) is 9.59 Å². The Kier molecular flexibility index (Phi) is 7.87. The van der Waals surface area contributed by atoms with Crippen molar-refractivity contribution in [3.63, 3.8) is 0 Å². The molecule has 0 aliphatic heterocycles. The molecular weight excluding hydrogens is 360 g/mol. The summed E-state index contributed by atoms with van der Waals surface area (Å²) in [6.07, 6.45) is 0.271. The molecule has 0 aliphatic rings. The number of carbonyl (C=O) groups is 2. The van der Waals surface area contributed by atoms with Crippen molar-refractivity contribution >= 4 is 11.9 Å². The Morgan fingerprint density at radius 2 is 0.964 bits per heavy atom. The molecule has 0 spiro atoms. The highest BCUT2D eigenvalue weighted by Gasteiger charge is 2.30. The van der Waals surface area contributed by atoms with Crippen molar-refractivity contribution in [2.45, 2.75) is 24.7 Å². The number of hydrogen-bond acceptors (Lipinski definition) is 6. The standard InChI is InChI=1S/C22H26O6/c1-25-17-9-5-15(6-10-17)19(13-21(23)27-3)20(14-22(24)28-4)16-7-11-18(26-2)12-8-16/h5-12,19-20H,13-14H2,1-4H3/t19-,20-/m0/s1. The minimum atomic E-state index is -0.343. The molecule has 2 aromatic carbocycles.